The summed E-state index contributed by atoms with van der Waals surface area (Å²) in [6.07, 6.45) is 19.4. The van der Waals surface area contributed by atoms with Crippen LogP contribution in [0.1, 0.15) is 90.4 Å². The largest absolute Gasteiger partial charge is 0.392 e. The quantitative estimate of drug-likeness (QED) is 0.367. The highest BCUT2D eigenvalue weighted by atomic mass is 16.3. The summed E-state index contributed by atoms with van der Waals surface area (Å²) in [5.41, 5.74) is 1.52. The molecule has 3 rings (SSSR count). The fraction of sp³-hybridized carbons (Fsp3) is 0.808. The fourth-order valence-corrected chi connectivity index (χ4v) is 5.68. The van der Waals surface area contributed by atoms with Crippen molar-refractivity contribution in [1.82, 2.24) is 4.90 Å². The van der Waals surface area contributed by atoms with Gasteiger partial charge in [0.15, 0.2) is 0 Å². The molecule has 1 saturated heterocycles. The van der Waals surface area contributed by atoms with E-state index in [0.717, 1.165) is 58.0 Å². The van der Waals surface area contributed by atoms with E-state index in [2.05, 4.69) is 24.0 Å². The number of carbonyl (C=O) groups is 1. The molecule has 0 aromatic heterocycles. The van der Waals surface area contributed by atoms with Gasteiger partial charge in [0, 0.05) is 25.4 Å². The molecular formula is C26H43NO3. The highest BCUT2D eigenvalue weighted by Gasteiger charge is 2.43. The molecule has 1 amide bonds. The molecule has 0 aromatic rings. The summed E-state index contributed by atoms with van der Waals surface area (Å²) in [5.74, 6) is 1.49. The summed E-state index contributed by atoms with van der Waals surface area (Å²) in [7, 11) is 0. The number of aliphatic hydroxyl groups excluding tert-OH is 2. The first kappa shape index (κ1) is 23.5. The highest BCUT2D eigenvalue weighted by molar-refractivity contribution is 5.76. The molecular weight excluding hydrogens is 374 g/mol. The Kier molecular flexibility index (Phi) is 9.45. The van der Waals surface area contributed by atoms with Crippen LogP contribution in [0.5, 0.6) is 0 Å². The Morgan fingerprint density at radius 2 is 2.00 bits per heavy atom. The standard InChI is InChI=1S/C26H43NO3/c1-2-3-5-11-22(28)13-14-23-24-18-20(17-21(24)19-25(23)29)10-6-7-12-26(30)27-15-8-4-9-16-27/h13-14,17,21-25,28-29H,2-12,15-16,18-19H2,1H3/t21-,22+,23+,24-,25+/m0/s1. The maximum atomic E-state index is 12.3. The topological polar surface area (TPSA) is 60.8 Å². The summed E-state index contributed by atoms with van der Waals surface area (Å²) < 4.78 is 0. The third kappa shape index (κ3) is 6.68. The molecule has 1 aliphatic heterocycles. The molecule has 4 nitrogen and oxygen atoms in total. The highest BCUT2D eigenvalue weighted by Crippen LogP contribution is 2.48. The zero-order valence-corrected chi connectivity index (χ0v) is 19.0. The average Bonchev–Trinajstić information content (AvgIpc) is 3.26. The Hall–Kier alpha value is -1.13. The van der Waals surface area contributed by atoms with Gasteiger partial charge in [-0.05, 0) is 69.6 Å². The van der Waals surface area contributed by atoms with Crippen molar-refractivity contribution in [3.8, 4) is 0 Å². The predicted octanol–water partition coefficient (Wildman–Crippen LogP) is 5.00. The second kappa shape index (κ2) is 12.0. The molecule has 5 atom stereocenters. The molecule has 1 saturated carbocycles. The summed E-state index contributed by atoms with van der Waals surface area (Å²) in [4.78, 5) is 14.4. The minimum Gasteiger partial charge on any atom is -0.392 e. The first-order chi connectivity index (χ1) is 14.6. The minimum absolute atomic E-state index is 0.172. The number of carbonyl (C=O) groups excluding carboxylic acids is 1. The number of amides is 1. The van der Waals surface area contributed by atoms with Gasteiger partial charge in [-0.15, -0.1) is 0 Å². The number of allylic oxidation sites excluding steroid dienone is 2. The van der Waals surface area contributed by atoms with Crippen LogP contribution in [-0.4, -0.2) is 46.3 Å². The molecule has 2 N–H and O–H groups in total. The third-order valence-electron chi connectivity index (χ3n) is 7.46. The Morgan fingerprint density at radius 3 is 2.77 bits per heavy atom. The van der Waals surface area contributed by atoms with Crippen LogP contribution in [0, 0.1) is 17.8 Å². The number of hydrogen-bond acceptors (Lipinski definition) is 3. The lowest BCUT2D eigenvalue weighted by Gasteiger charge is -2.26. The van der Waals surface area contributed by atoms with Gasteiger partial charge < -0.3 is 15.1 Å². The Balaban J connectivity index is 1.37. The van der Waals surface area contributed by atoms with E-state index in [4.69, 9.17) is 0 Å². The van der Waals surface area contributed by atoms with E-state index in [0.29, 0.717) is 24.2 Å². The number of hydrogen-bond donors (Lipinski definition) is 2. The number of likely N-dealkylation sites (tertiary alicyclic amines) is 1. The van der Waals surface area contributed by atoms with E-state index >= 15 is 0 Å². The SMILES string of the molecule is CCCCC[C@@H](O)C=C[C@@H]1[C@H]2CC(CCCCC(=O)N3CCCCC3)=C[C@H]2C[C@H]1O. The fourth-order valence-electron chi connectivity index (χ4n) is 5.68. The molecule has 0 spiro atoms. The first-order valence-electron chi connectivity index (χ1n) is 12.6. The van der Waals surface area contributed by atoms with Crippen molar-refractivity contribution in [2.75, 3.05) is 13.1 Å². The second-order valence-corrected chi connectivity index (χ2v) is 9.83. The van der Waals surface area contributed by atoms with Gasteiger partial charge in [-0.1, -0.05) is 50.0 Å². The maximum Gasteiger partial charge on any atom is 0.222 e. The Morgan fingerprint density at radius 1 is 1.20 bits per heavy atom. The van der Waals surface area contributed by atoms with Crippen LogP contribution in [0.3, 0.4) is 0 Å². The molecule has 3 aliphatic rings. The molecule has 0 aromatic carbocycles. The van der Waals surface area contributed by atoms with Gasteiger partial charge in [-0.2, -0.15) is 0 Å². The van der Waals surface area contributed by atoms with Crippen molar-refractivity contribution in [2.45, 2.75) is 103 Å². The molecule has 2 fully saturated rings. The van der Waals surface area contributed by atoms with Crippen molar-refractivity contribution in [3.63, 3.8) is 0 Å². The zero-order chi connectivity index (χ0) is 21.3. The van der Waals surface area contributed by atoms with Gasteiger partial charge in [0.1, 0.15) is 0 Å². The second-order valence-electron chi connectivity index (χ2n) is 9.83. The molecule has 4 heteroatoms. The van der Waals surface area contributed by atoms with E-state index in [1.54, 1.807) is 0 Å². The summed E-state index contributed by atoms with van der Waals surface area (Å²) in [6, 6.07) is 0. The van der Waals surface area contributed by atoms with Crippen LogP contribution in [-0.2, 0) is 4.79 Å². The molecule has 30 heavy (non-hydrogen) atoms. The molecule has 0 unspecified atom stereocenters. The van der Waals surface area contributed by atoms with Crippen molar-refractivity contribution < 1.29 is 15.0 Å². The van der Waals surface area contributed by atoms with Gasteiger partial charge in [-0.25, -0.2) is 0 Å². The summed E-state index contributed by atoms with van der Waals surface area (Å²) >= 11 is 0. The lowest BCUT2D eigenvalue weighted by molar-refractivity contribution is -0.132. The molecule has 0 bridgehead atoms. The summed E-state index contributed by atoms with van der Waals surface area (Å²) in [6.45, 7) is 4.09. The van der Waals surface area contributed by atoms with Gasteiger partial charge >= 0.3 is 0 Å². The summed E-state index contributed by atoms with van der Waals surface area (Å²) in [5, 5.41) is 20.7. The lowest BCUT2D eigenvalue weighted by atomic mass is 9.88. The number of unbranched alkanes of at least 4 members (excludes halogenated alkanes) is 3. The van der Waals surface area contributed by atoms with Gasteiger partial charge in [0.05, 0.1) is 12.2 Å². The van der Waals surface area contributed by atoms with Crippen molar-refractivity contribution >= 4 is 5.91 Å². The monoisotopic (exact) mass is 417 g/mol. The van der Waals surface area contributed by atoms with Crippen LogP contribution < -0.4 is 0 Å². The first-order valence-corrected chi connectivity index (χ1v) is 12.6. The van der Waals surface area contributed by atoms with Crippen molar-refractivity contribution in [1.29, 1.82) is 0 Å². The Labute approximate surface area is 183 Å². The van der Waals surface area contributed by atoms with E-state index in [1.165, 1.54) is 37.7 Å². The van der Waals surface area contributed by atoms with E-state index in [-0.39, 0.29) is 18.1 Å². The average molecular weight is 418 g/mol. The van der Waals surface area contributed by atoms with Crippen LogP contribution in [0.2, 0.25) is 0 Å². The van der Waals surface area contributed by atoms with Crippen LogP contribution in [0.15, 0.2) is 23.8 Å². The lowest BCUT2D eigenvalue weighted by Crippen LogP contribution is -2.35. The van der Waals surface area contributed by atoms with Gasteiger partial charge in [0.2, 0.25) is 5.91 Å². The third-order valence-corrected chi connectivity index (χ3v) is 7.46. The van der Waals surface area contributed by atoms with Gasteiger partial charge in [-0.3, -0.25) is 4.79 Å². The van der Waals surface area contributed by atoms with Crippen molar-refractivity contribution in [3.05, 3.63) is 23.8 Å². The number of aliphatic hydroxyl groups is 2. The van der Waals surface area contributed by atoms with E-state index in [1.807, 2.05) is 6.08 Å². The minimum atomic E-state index is -0.380. The number of fused-ring (bicyclic) bond motifs is 1. The zero-order valence-electron chi connectivity index (χ0n) is 19.0. The predicted molar refractivity (Wildman–Crippen MR) is 122 cm³/mol. The maximum absolute atomic E-state index is 12.3. The normalized spacial score (nSPS) is 30.0. The van der Waals surface area contributed by atoms with Crippen LogP contribution in [0.4, 0.5) is 0 Å². The molecule has 170 valence electrons. The number of piperidine rings is 1. The van der Waals surface area contributed by atoms with Crippen LogP contribution in [0.25, 0.3) is 0 Å². The van der Waals surface area contributed by atoms with Crippen molar-refractivity contribution in [2.24, 2.45) is 17.8 Å². The van der Waals surface area contributed by atoms with Crippen LogP contribution >= 0.6 is 0 Å². The van der Waals surface area contributed by atoms with E-state index < -0.39 is 0 Å². The van der Waals surface area contributed by atoms with Gasteiger partial charge in [0.25, 0.3) is 0 Å². The molecule has 0 radical (unpaired) electrons. The smallest absolute Gasteiger partial charge is 0.222 e. The number of nitrogens with zero attached hydrogens (tertiary/aromatic N) is 1. The molecule has 1 heterocycles. The van der Waals surface area contributed by atoms with E-state index in [9.17, 15) is 15.0 Å². The number of rotatable bonds is 11. The molecule has 2 aliphatic carbocycles. The Bertz CT molecular complexity index is 593.